The smallest absolute Gasteiger partial charge is 0.253 e. The molecule has 8 nitrogen and oxygen atoms in total. The van der Waals surface area contributed by atoms with Gasteiger partial charge in [-0.2, -0.15) is 0 Å². The van der Waals surface area contributed by atoms with Crippen LogP contribution in [0.25, 0.3) is 10.2 Å². The predicted molar refractivity (Wildman–Crippen MR) is 119 cm³/mol. The molecule has 1 saturated heterocycles. The molecule has 3 aromatic rings. The summed E-state index contributed by atoms with van der Waals surface area (Å²) in [7, 11) is 3.43. The van der Waals surface area contributed by atoms with Gasteiger partial charge in [0.2, 0.25) is 5.91 Å². The Kier molecular flexibility index (Phi) is 5.91. The molecule has 1 N–H and O–H groups in total. The number of hydrogen-bond acceptors (Lipinski definition) is 7. The number of anilines is 2. The molecular weight excluding hydrogens is 400 g/mol. The second kappa shape index (κ2) is 8.76. The molecule has 156 valence electrons. The molecule has 0 aliphatic carbocycles. The summed E-state index contributed by atoms with van der Waals surface area (Å²) >= 11 is 1.62. The van der Waals surface area contributed by atoms with E-state index in [2.05, 4.69) is 31.2 Å². The van der Waals surface area contributed by atoms with Gasteiger partial charge in [0, 0.05) is 51.5 Å². The van der Waals surface area contributed by atoms with E-state index in [1.807, 2.05) is 5.38 Å². The average molecular weight is 425 g/mol. The molecule has 0 unspecified atom stereocenters. The van der Waals surface area contributed by atoms with Crippen molar-refractivity contribution < 1.29 is 9.59 Å². The molecule has 3 heterocycles. The van der Waals surface area contributed by atoms with Crippen LogP contribution in [0.4, 0.5) is 11.5 Å². The summed E-state index contributed by atoms with van der Waals surface area (Å²) in [4.78, 5) is 40.1. The number of carbonyl (C=O) groups excluding carboxylic acids is 2. The molecule has 2 aromatic heterocycles. The van der Waals surface area contributed by atoms with Crippen LogP contribution in [-0.4, -0.2) is 78.4 Å². The Balaban J connectivity index is 1.29. The van der Waals surface area contributed by atoms with Crippen molar-refractivity contribution in [3.05, 3.63) is 47.6 Å². The number of benzene rings is 1. The molecular formula is C21H24N6O2S. The van der Waals surface area contributed by atoms with Crippen molar-refractivity contribution in [2.75, 3.05) is 57.0 Å². The van der Waals surface area contributed by atoms with Gasteiger partial charge in [0.15, 0.2) is 0 Å². The first-order valence-electron chi connectivity index (χ1n) is 9.78. The Hall–Kier alpha value is -3.04. The molecule has 2 amide bonds. The molecule has 1 aliphatic heterocycles. The maximum absolute atomic E-state index is 12.4. The topological polar surface area (TPSA) is 81.7 Å². The highest BCUT2D eigenvalue weighted by Crippen LogP contribution is 2.27. The van der Waals surface area contributed by atoms with Crippen molar-refractivity contribution in [1.82, 2.24) is 19.8 Å². The highest BCUT2D eigenvalue weighted by atomic mass is 32.1. The summed E-state index contributed by atoms with van der Waals surface area (Å²) in [5, 5.41) is 6.03. The number of fused-ring (bicyclic) bond motifs is 1. The Morgan fingerprint density at radius 3 is 2.50 bits per heavy atom. The van der Waals surface area contributed by atoms with Crippen LogP contribution in [0.1, 0.15) is 10.4 Å². The van der Waals surface area contributed by atoms with E-state index in [0.717, 1.165) is 42.2 Å². The van der Waals surface area contributed by atoms with E-state index < -0.39 is 0 Å². The molecule has 1 aliphatic rings. The van der Waals surface area contributed by atoms with E-state index in [-0.39, 0.29) is 11.8 Å². The number of carbonyl (C=O) groups is 2. The molecule has 30 heavy (non-hydrogen) atoms. The van der Waals surface area contributed by atoms with E-state index >= 15 is 0 Å². The van der Waals surface area contributed by atoms with Gasteiger partial charge in [0.1, 0.15) is 17.0 Å². The minimum atomic E-state index is -0.0610. The lowest BCUT2D eigenvalue weighted by Gasteiger charge is -2.35. The second-order valence-corrected chi connectivity index (χ2v) is 8.32. The zero-order valence-corrected chi connectivity index (χ0v) is 17.9. The zero-order valence-electron chi connectivity index (χ0n) is 17.0. The van der Waals surface area contributed by atoms with Crippen LogP contribution in [0.2, 0.25) is 0 Å². The van der Waals surface area contributed by atoms with Gasteiger partial charge in [0.25, 0.3) is 5.91 Å². The van der Waals surface area contributed by atoms with Crippen molar-refractivity contribution in [2.24, 2.45) is 0 Å². The van der Waals surface area contributed by atoms with E-state index in [1.165, 1.54) is 4.90 Å². The number of rotatable bonds is 5. The molecule has 9 heteroatoms. The normalized spacial score (nSPS) is 14.7. The monoisotopic (exact) mass is 424 g/mol. The van der Waals surface area contributed by atoms with Gasteiger partial charge in [-0.15, -0.1) is 11.3 Å². The van der Waals surface area contributed by atoms with Crippen LogP contribution in [0, 0.1) is 0 Å². The summed E-state index contributed by atoms with van der Waals surface area (Å²) < 4.78 is 0. The van der Waals surface area contributed by atoms with Gasteiger partial charge in [-0.3, -0.25) is 14.5 Å². The molecule has 0 spiro atoms. The summed E-state index contributed by atoms with van der Waals surface area (Å²) in [6.45, 7) is 3.55. The van der Waals surface area contributed by atoms with Gasteiger partial charge >= 0.3 is 0 Å². The Morgan fingerprint density at radius 2 is 1.80 bits per heavy atom. The number of amides is 2. The molecule has 0 atom stereocenters. The zero-order chi connectivity index (χ0) is 21.1. The number of aromatic nitrogens is 2. The SMILES string of the molecule is CN(C)C(=O)c1ccc(NC(=O)CN2CCN(c3ncnc4sccc34)CC2)cc1. The number of thiophene rings is 1. The second-order valence-electron chi connectivity index (χ2n) is 7.43. The molecule has 0 radical (unpaired) electrons. The summed E-state index contributed by atoms with van der Waals surface area (Å²) in [6, 6.07) is 9.03. The van der Waals surface area contributed by atoms with Crippen molar-refractivity contribution in [3.63, 3.8) is 0 Å². The maximum atomic E-state index is 12.4. The third-order valence-electron chi connectivity index (χ3n) is 5.10. The number of nitrogens with zero attached hydrogens (tertiary/aromatic N) is 5. The number of hydrogen-bond donors (Lipinski definition) is 1. The van der Waals surface area contributed by atoms with Gasteiger partial charge in [0.05, 0.1) is 11.9 Å². The fourth-order valence-corrected chi connectivity index (χ4v) is 4.23. The fourth-order valence-electron chi connectivity index (χ4n) is 3.50. The maximum Gasteiger partial charge on any atom is 0.253 e. The van der Waals surface area contributed by atoms with Crippen molar-refractivity contribution >= 4 is 44.9 Å². The Bertz CT molecular complexity index is 1040. The van der Waals surface area contributed by atoms with E-state index in [0.29, 0.717) is 17.8 Å². The van der Waals surface area contributed by atoms with Gasteiger partial charge < -0.3 is 15.1 Å². The first-order valence-corrected chi connectivity index (χ1v) is 10.7. The van der Waals surface area contributed by atoms with Crippen molar-refractivity contribution in [1.29, 1.82) is 0 Å². The third-order valence-corrected chi connectivity index (χ3v) is 5.92. The minimum absolute atomic E-state index is 0.0580. The minimum Gasteiger partial charge on any atom is -0.353 e. The van der Waals surface area contributed by atoms with Gasteiger partial charge in [-0.25, -0.2) is 9.97 Å². The van der Waals surface area contributed by atoms with Crippen LogP contribution in [-0.2, 0) is 4.79 Å². The molecule has 1 aromatic carbocycles. The van der Waals surface area contributed by atoms with Crippen LogP contribution in [0.5, 0.6) is 0 Å². The summed E-state index contributed by atoms with van der Waals surface area (Å²) in [5.74, 6) is 0.851. The average Bonchev–Trinajstić information content (AvgIpc) is 3.23. The van der Waals surface area contributed by atoms with E-state index in [9.17, 15) is 9.59 Å². The van der Waals surface area contributed by atoms with Gasteiger partial charge in [-0.05, 0) is 35.7 Å². The van der Waals surface area contributed by atoms with Crippen LogP contribution in [0.3, 0.4) is 0 Å². The molecule has 1 fully saturated rings. The summed E-state index contributed by atoms with van der Waals surface area (Å²) in [6.07, 6.45) is 1.62. The van der Waals surface area contributed by atoms with E-state index in [4.69, 9.17) is 0 Å². The fraction of sp³-hybridized carbons (Fsp3) is 0.333. The number of piperazine rings is 1. The molecule has 4 rings (SSSR count). The van der Waals surface area contributed by atoms with Crippen LogP contribution < -0.4 is 10.2 Å². The van der Waals surface area contributed by atoms with Crippen LogP contribution >= 0.6 is 11.3 Å². The molecule has 0 bridgehead atoms. The largest absolute Gasteiger partial charge is 0.353 e. The third kappa shape index (κ3) is 4.42. The van der Waals surface area contributed by atoms with Crippen molar-refractivity contribution in [3.8, 4) is 0 Å². The Labute approximate surface area is 179 Å². The van der Waals surface area contributed by atoms with Crippen molar-refractivity contribution in [2.45, 2.75) is 0 Å². The predicted octanol–water partition coefficient (Wildman–Crippen LogP) is 2.15. The van der Waals surface area contributed by atoms with Crippen LogP contribution in [0.15, 0.2) is 42.0 Å². The lowest BCUT2D eigenvalue weighted by molar-refractivity contribution is -0.117. The lowest BCUT2D eigenvalue weighted by Crippen LogP contribution is -2.49. The summed E-state index contributed by atoms with van der Waals surface area (Å²) in [5.41, 5.74) is 1.29. The quantitative estimate of drug-likeness (QED) is 0.676. The van der Waals surface area contributed by atoms with E-state index in [1.54, 1.807) is 56.0 Å². The molecule has 0 saturated carbocycles. The first-order chi connectivity index (χ1) is 14.5. The Morgan fingerprint density at radius 1 is 1.07 bits per heavy atom. The highest BCUT2D eigenvalue weighted by Gasteiger charge is 2.21. The standard InChI is InChI=1S/C21H24N6O2S/c1-25(2)21(29)15-3-5-16(6-4-15)24-18(28)13-26-8-10-27(11-9-26)19-17-7-12-30-20(17)23-14-22-19/h3-7,12,14H,8-11,13H2,1-2H3,(H,24,28). The highest BCUT2D eigenvalue weighted by molar-refractivity contribution is 7.16. The van der Waals surface area contributed by atoms with Gasteiger partial charge in [-0.1, -0.05) is 0 Å². The lowest BCUT2D eigenvalue weighted by atomic mass is 10.2. The first kappa shape index (κ1) is 20.2. The number of nitrogens with one attached hydrogen (secondary N) is 1.